The van der Waals surface area contributed by atoms with Crippen LogP contribution >= 0.6 is 23.1 Å². The predicted octanol–water partition coefficient (Wildman–Crippen LogP) is 3.95. The van der Waals surface area contributed by atoms with Crippen LogP contribution in [0.1, 0.15) is 52.4 Å². The molecule has 1 aromatic heterocycles. The average Bonchev–Trinajstić information content (AvgIpc) is 2.86. The molecule has 1 amide bonds. The third-order valence-corrected chi connectivity index (χ3v) is 5.68. The SMILES string of the molecule is CCC(C)Sc1nnc(NC(=O)C2CCCCC2)s1. The summed E-state index contributed by atoms with van der Waals surface area (Å²) in [5, 5.41) is 12.3. The van der Waals surface area contributed by atoms with Crippen LogP contribution in [-0.4, -0.2) is 21.4 Å². The number of rotatable bonds is 5. The van der Waals surface area contributed by atoms with Gasteiger partial charge in [0, 0.05) is 11.2 Å². The summed E-state index contributed by atoms with van der Waals surface area (Å²) < 4.78 is 0.938. The first kappa shape index (κ1) is 14.8. The molecule has 0 aliphatic heterocycles. The van der Waals surface area contributed by atoms with Gasteiger partial charge in [0.15, 0.2) is 4.34 Å². The summed E-state index contributed by atoms with van der Waals surface area (Å²) in [6.07, 6.45) is 6.73. The lowest BCUT2D eigenvalue weighted by Crippen LogP contribution is -2.24. The van der Waals surface area contributed by atoms with Crippen molar-refractivity contribution in [2.45, 2.75) is 62.0 Å². The molecule has 0 saturated heterocycles. The first-order chi connectivity index (χ1) is 9.19. The van der Waals surface area contributed by atoms with Crippen LogP contribution in [0.5, 0.6) is 0 Å². The lowest BCUT2D eigenvalue weighted by atomic mass is 9.89. The normalized spacial score (nSPS) is 18.2. The molecule has 1 saturated carbocycles. The zero-order valence-electron chi connectivity index (χ0n) is 11.5. The Hall–Kier alpha value is -0.620. The number of nitrogens with one attached hydrogen (secondary N) is 1. The Kier molecular flexibility index (Phi) is 5.63. The number of carbonyl (C=O) groups excluding carboxylic acids is 1. The summed E-state index contributed by atoms with van der Waals surface area (Å²) in [5.41, 5.74) is 0. The van der Waals surface area contributed by atoms with Crippen molar-refractivity contribution in [3.05, 3.63) is 0 Å². The van der Waals surface area contributed by atoms with Crippen LogP contribution in [0.15, 0.2) is 4.34 Å². The number of hydrogen-bond donors (Lipinski definition) is 1. The molecule has 0 spiro atoms. The van der Waals surface area contributed by atoms with Gasteiger partial charge in [-0.1, -0.05) is 56.2 Å². The molecule has 1 unspecified atom stereocenters. The van der Waals surface area contributed by atoms with E-state index in [1.165, 1.54) is 30.6 Å². The van der Waals surface area contributed by atoms with Crippen molar-refractivity contribution in [1.29, 1.82) is 0 Å². The van der Waals surface area contributed by atoms with Gasteiger partial charge in [0.25, 0.3) is 0 Å². The highest BCUT2D eigenvalue weighted by Crippen LogP contribution is 2.31. The molecule has 0 bridgehead atoms. The minimum absolute atomic E-state index is 0.121. The number of carbonyl (C=O) groups is 1. The van der Waals surface area contributed by atoms with E-state index in [4.69, 9.17) is 0 Å². The molecule has 1 aliphatic carbocycles. The summed E-state index contributed by atoms with van der Waals surface area (Å²) >= 11 is 3.20. The van der Waals surface area contributed by atoms with Gasteiger partial charge in [-0.15, -0.1) is 10.2 Å². The second kappa shape index (κ2) is 7.24. The maximum absolute atomic E-state index is 12.1. The summed E-state index contributed by atoms with van der Waals surface area (Å²) in [5.74, 6) is 0.291. The van der Waals surface area contributed by atoms with Gasteiger partial charge in [-0.3, -0.25) is 4.79 Å². The van der Waals surface area contributed by atoms with E-state index in [2.05, 4.69) is 29.4 Å². The molecule has 106 valence electrons. The van der Waals surface area contributed by atoms with E-state index >= 15 is 0 Å². The zero-order chi connectivity index (χ0) is 13.7. The predicted molar refractivity (Wildman–Crippen MR) is 80.7 cm³/mol. The number of hydrogen-bond acceptors (Lipinski definition) is 5. The van der Waals surface area contributed by atoms with Crippen LogP contribution < -0.4 is 5.32 Å². The molecule has 6 heteroatoms. The summed E-state index contributed by atoms with van der Waals surface area (Å²) in [6, 6.07) is 0. The second-order valence-electron chi connectivity index (χ2n) is 5.03. The number of amides is 1. The Morgan fingerprint density at radius 3 is 2.84 bits per heavy atom. The second-order valence-corrected chi connectivity index (χ2v) is 7.70. The van der Waals surface area contributed by atoms with Crippen molar-refractivity contribution < 1.29 is 4.79 Å². The third-order valence-electron chi connectivity index (χ3n) is 3.49. The van der Waals surface area contributed by atoms with Crippen molar-refractivity contribution >= 4 is 34.1 Å². The van der Waals surface area contributed by atoms with E-state index < -0.39 is 0 Å². The van der Waals surface area contributed by atoms with E-state index in [0.717, 1.165) is 23.6 Å². The van der Waals surface area contributed by atoms with Crippen molar-refractivity contribution in [2.24, 2.45) is 5.92 Å². The Bertz CT molecular complexity index is 416. The maximum Gasteiger partial charge on any atom is 0.229 e. The fourth-order valence-corrected chi connectivity index (χ4v) is 4.14. The topological polar surface area (TPSA) is 54.9 Å². The van der Waals surface area contributed by atoms with Crippen LogP contribution in [-0.2, 0) is 4.79 Å². The third kappa shape index (κ3) is 4.45. The average molecular weight is 299 g/mol. The lowest BCUT2D eigenvalue weighted by molar-refractivity contribution is -0.120. The first-order valence-corrected chi connectivity index (χ1v) is 8.69. The molecule has 19 heavy (non-hydrogen) atoms. The van der Waals surface area contributed by atoms with E-state index in [-0.39, 0.29) is 11.8 Å². The smallest absolute Gasteiger partial charge is 0.229 e. The quantitative estimate of drug-likeness (QED) is 0.661. The van der Waals surface area contributed by atoms with Gasteiger partial charge in [-0.2, -0.15) is 0 Å². The van der Waals surface area contributed by atoms with Gasteiger partial charge in [0.1, 0.15) is 0 Å². The lowest BCUT2D eigenvalue weighted by Gasteiger charge is -2.19. The molecule has 1 fully saturated rings. The largest absolute Gasteiger partial charge is 0.300 e. The highest BCUT2D eigenvalue weighted by Gasteiger charge is 2.22. The molecular weight excluding hydrogens is 278 g/mol. The highest BCUT2D eigenvalue weighted by atomic mass is 32.2. The van der Waals surface area contributed by atoms with Crippen molar-refractivity contribution in [3.8, 4) is 0 Å². The fourth-order valence-electron chi connectivity index (χ4n) is 2.14. The van der Waals surface area contributed by atoms with Gasteiger partial charge in [-0.05, 0) is 19.3 Å². The van der Waals surface area contributed by atoms with Gasteiger partial charge in [-0.25, -0.2) is 0 Å². The molecule has 1 N–H and O–H groups in total. The van der Waals surface area contributed by atoms with Crippen molar-refractivity contribution in [3.63, 3.8) is 0 Å². The van der Waals surface area contributed by atoms with Gasteiger partial charge >= 0.3 is 0 Å². The molecule has 1 heterocycles. The molecule has 1 aliphatic rings. The molecule has 2 rings (SSSR count). The van der Waals surface area contributed by atoms with E-state index in [1.807, 2.05) is 0 Å². The standard InChI is InChI=1S/C13H21N3OS2/c1-3-9(2)18-13-16-15-12(19-13)14-11(17)10-7-5-4-6-8-10/h9-10H,3-8H2,1-2H3,(H,14,15,17). The Labute approximate surface area is 122 Å². The highest BCUT2D eigenvalue weighted by molar-refractivity contribution is 8.01. The molecule has 4 nitrogen and oxygen atoms in total. The molecular formula is C13H21N3OS2. The molecule has 0 radical (unpaired) electrons. The van der Waals surface area contributed by atoms with Crippen molar-refractivity contribution in [2.75, 3.05) is 5.32 Å². The van der Waals surface area contributed by atoms with E-state index in [9.17, 15) is 4.79 Å². The monoisotopic (exact) mass is 299 g/mol. The van der Waals surface area contributed by atoms with Crippen LogP contribution in [0.2, 0.25) is 0 Å². The van der Waals surface area contributed by atoms with Gasteiger partial charge < -0.3 is 5.32 Å². The number of anilines is 1. The zero-order valence-corrected chi connectivity index (χ0v) is 13.1. The van der Waals surface area contributed by atoms with Crippen LogP contribution in [0.25, 0.3) is 0 Å². The Morgan fingerprint density at radius 2 is 2.16 bits per heavy atom. The molecule has 0 aromatic carbocycles. The molecule has 1 atom stereocenters. The van der Waals surface area contributed by atoms with Crippen LogP contribution in [0.4, 0.5) is 5.13 Å². The van der Waals surface area contributed by atoms with Crippen LogP contribution in [0, 0.1) is 5.92 Å². The Balaban J connectivity index is 1.86. The minimum Gasteiger partial charge on any atom is -0.300 e. The Morgan fingerprint density at radius 1 is 1.42 bits per heavy atom. The minimum atomic E-state index is 0.121. The van der Waals surface area contributed by atoms with E-state index in [1.54, 1.807) is 11.8 Å². The van der Waals surface area contributed by atoms with E-state index in [0.29, 0.717) is 10.4 Å². The van der Waals surface area contributed by atoms with Crippen molar-refractivity contribution in [1.82, 2.24) is 10.2 Å². The van der Waals surface area contributed by atoms with Gasteiger partial charge in [0.2, 0.25) is 11.0 Å². The first-order valence-electron chi connectivity index (χ1n) is 7.00. The summed E-state index contributed by atoms with van der Waals surface area (Å²) in [6.45, 7) is 4.33. The van der Waals surface area contributed by atoms with Gasteiger partial charge in [0.05, 0.1) is 0 Å². The summed E-state index contributed by atoms with van der Waals surface area (Å²) in [4.78, 5) is 12.1. The maximum atomic E-state index is 12.1. The van der Waals surface area contributed by atoms with Crippen LogP contribution in [0.3, 0.4) is 0 Å². The number of nitrogens with zero attached hydrogens (tertiary/aromatic N) is 2. The summed E-state index contributed by atoms with van der Waals surface area (Å²) in [7, 11) is 0. The molecule has 1 aromatic rings. The fraction of sp³-hybridized carbons (Fsp3) is 0.769. The number of thioether (sulfide) groups is 1. The number of aromatic nitrogens is 2.